The highest BCUT2D eigenvalue weighted by atomic mass is 35.5. The van der Waals surface area contributed by atoms with Crippen molar-refractivity contribution in [2.24, 2.45) is 0 Å². The van der Waals surface area contributed by atoms with Crippen molar-refractivity contribution in [3.63, 3.8) is 0 Å². The van der Waals surface area contributed by atoms with Crippen LogP contribution >= 0.6 is 23.8 Å². The van der Waals surface area contributed by atoms with Crippen LogP contribution in [0.4, 0.5) is 5.69 Å². The first kappa shape index (κ1) is 22.5. The number of aryl methyl sites for hydroxylation is 1. The number of benzene rings is 3. The Balaban J connectivity index is 1.43. The number of anilines is 1. The fraction of sp³-hybridized carbons (Fsp3) is 0.120. The molecule has 1 amide bonds. The molecular formula is C25H23ClN2O2S. The molecule has 0 saturated carbocycles. The third-order valence-corrected chi connectivity index (χ3v) is 4.80. The molecule has 3 rings (SSSR count). The maximum Gasteiger partial charge on any atom is 0.250 e. The molecule has 6 heteroatoms. The van der Waals surface area contributed by atoms with Crippen LogP contribution in [0.1, 0.15) is 17.5 Å². The summed E-state index contributed by atoms with van der Waals surface area (Å²) in [7, 11) is 0. The lowest BCUT2D eigenvalue weighted by Crippen LogP contribution is -2.32. The predicted molar refractivity (Wildman–Crippen MR) is 132 cm³/mol. The average Bonchev–Trinajstić information content (AvgIpc) is 2.77. The first-order chi connectivity index (χ1) is 15.1. The maximum atomic E-state index is 12.1. The standard InChI is InChI=1S/C25H23ClN2O2S/c26-21-14-11-20(12-15-21)13-16-24(29)28-25(31)27-22-9-4-10-23(18-22)30-17-5-8-19-6-2-1-3-7-19/h1-4,6-7,9-16,18H,5,8,17H2,(H2,27,28,29,31)/b16-13+. The van der Waals surface area contributed by atoms with Crippen LogP contribution < -0.4 is 15.4 Å². The molecule has 0 atom stereocenters. The fourth-order valence-corrected chi connectivity index (χ4v) is 3.18. The number of hydrogen-bond acceptors (Lipinski definition) is 3. The van der Waals surface area contributed by atoms with Crippen molar-refractivity contribution >= 4 is 46.6 Å². The van der Waals surface area contributed by atoms with Gasteiger partial charge in [0.05, 0.1) is 6.61 Å². The molecule has 4 nitrogen and oxygen atoms in total. The van der Waals surface area contributed by atoms with E-state index in [9.17, 15) is 4.79 Å². The monoisotopic (exact) mass is 450 g/mol. The van der Waals surface area contributed by atoms with Crippen molar-refractivity contribution < 1.29 is 9.53 Å². The molecule has 0 radical (unpaired) electrons. The second-order valence-electron chi connectivity index (χ2n) is 6.79. The number of rotatable bonds is 8. The third kappa shape index (κ3) is 8.24. The summed E-state index contributed by atoms with van der Waals surface area (Å²) in [6.45, 7) is 0.620. The lowest BCUT2D eigenvalue weighted by Gasteiger charge is -2.11. The van der Waals surface area contributed by atoms with E-state index in [0.29, 0.717) is 11.6 Å². The normalized spacial score (nSPS) is 10.6. The van der Waals surface area contributed by atoms with Gasteiger partial charge in [-0.25, -0.2) is 0 Å². The second kappa shape index (κ2) is 11.9. The zero-order valence-electron chi connectivity index (χ0n) is 16.9. The number of carbonyl (C=O) groups is 1. The Bertz CT molecular complexity index is 1040. The number of halogens is 1. The minimum atomic E-state index is -0.319. The molecule has 0 fully saturated rings. The van der Waals surface area contributed by atoms with Crippen molar-refractivity contribution in [3.05, 3.63) is 101 Å². The first-order valence-electron chi connectivity index (χ1n) is 9.91. The minimum absolute atomic E-state index is 0.215. The largest absolute Gasteiger partial charge is 0.494 e. The number of ether oxygens (including phenoxy) is 1. The van der Waals surface area contributed by atoms with Crippen LogP contribution in [-0.4, -0.2) is 17.6 Å². The summed E-state index contributed by atoms with van der Waals surface area (Å²) in [6, 6.07) is 25.0. The van der Waals surface area contributed by atoms with Gasteiger partial charge in [-0.1, -0.05) is 60.1 Å². The van der Waals surface area contributed by atoms with Gasteiger partial charge in [-0.05, 0) is 66.5 Å². The Morgan fingerprint density at radius 3 is 2.55 bits per heavy atom. The van der Waals surface area contributed by atoms with Gasteiger partial charge < -0.3 is 10.1 Å². The van der Waals surface area contributed by atoms with Crippen molar-refractivity contribution in [2.75, 3.05) is 11.9 Å². The van der Waals surface area contributed by atoms with E-state index >= 15 is 0 Å². The number of nitrogens with one attached hydrogen (secondary N) is 2. The number of carbonyl (C=O) groups excluding carboxylic acids is 1. The third-order valence-electron chi connectivity index (χ3n) is 4.35. The van der Waals surface area contributed by atoms with Crippen LogP contribution in [-0.2, 0) is 11.2 Å². The van der Waals surface area contributed by atoms with E-state index in [1.54, 1.807) is 18.2 Å². The van der Waals surface area contributed by atoms with Gasteiger partial charge in [0.2, 0.25) is 5.91 Å². The van der Waals surface area contributed by atoms with Gasteiger partial charge in [0.25, 0.3) is 0 Å². The summed E-state index contributed by atoms with van der Waals surface area (Å²) >= 11 is 11.1. The Morgan fingerprint density at radius 2 is 1.77 bits per heavy atom. The molecule has 0 aliphatic rings. The maximum absolute atomic E-state index is 12.1. The summed E-state index contributed by atoms with van der Waals surface area (Å²) in [5.41, 5.74) is 2.91. The summed E-state index contributed by atoms with van der Waals surface area (Å²) in [5.74, 6) is 0.426. The van der Waals surface area contributed by atoms with Gasteiger partial charge in [0.15, 0.2) is 5.11 Å². The number of amides is 1. The van der Waals surface area contributed by atoms with E-state index in [0.717, 1.165) is 29.8 Å². The molecule has 2 N–H and O–H groups in total. The molecule has 0 aliphatic heterocycles. The Kier molecular flexibility index (Phi) is 8.64. The molecule has 0 unspecified atom stereocenters. The van der Waals surface area contributed by atoms with E-state index in [4.69, 9.17) is 28.6 Å². The van der Waals surface area contributed by atoms with E-state index in [2.05, 4.69) is 22.8 Å². The highest BCUT2D eigenvalue weighted by Gasteiger charge is 2.03. The lowest BCUT2D eigenvalue weighted by atomic mass is 10.1. The lowest BCUT2D eigenvalue weighted by molar-refractivity contribution is -0.115. The summed E-state index contributed by atoms with van der Waals surface area (Å²) in [5, 5.41) is 6.49. The van der Waals surface area contributed by atoms with E-state index in [1.165, 1.54) is 11.6 Å². The van der Waals surface area contributed by atoms with Crippen molar-refractivity contribution in [1.29, 1.82) is 0 Å². The van der Waals surface area contributed by atoms with E-state index < -0.39 is 0 Å². The van der Waals surface area contributed by atoms with Gasteiger partial charge in [0.1, 0.15) is 5.75 Å². The molecule has 0 saturated heterocycles. The van der Waals surface area contributed by atoms with Crippen molar-refractivity contribution in [2.45, 2.75) is 12.8 Å². The van der Waals surface area contributed by atoms with Crippen LogP contribution in [0.5, 0.6) is 5.75 Å². The van der Waals surface area contributed by atoms with Crippen molar-refractivity contribution in [3.8, 4) is 5.75 Å². The first-order valence-corrected chi connectivity index (χ1v) is 10.7. The Labute approximate surface area is 192 Å². The molecular weight excluding hydrogens is 428 g/mol. The van der Waals surface area contributed by atoms with E-state index in [1.807, 2.05) is 54.6 Å². The van der Waals surface area contributed by atoms with Gasteiger partial charge in [-0.3, -0.25) is 10.1 Å². The number of thiocarbonyl (C=S) groups is 1. The Hall–Kier alpha value is -3.15. The molecule has 0 aromatic heterocycles. The summed E-state index contributed by atoms with van der Waals surface area (Å²) in [4.78, 5) is 12.1. The van der Waals surface area contributed by atoms with Crippen LogP contribution in [0.25, 0.3) is 6.08 Å². The van der Waals surface area contributed by atoms with Crippen LogP contribution in [0.15, 0.2) is 84.9 Å². The zero-order valence-corrected chi connectivity index (χ0v) is 18.5. The molecule has 3 aromatic carbocycles. The highest BCUT2D eigenvalue weighted by molar-refractivity contribution is 7.80. The smallest absolute Gasteiger partial charge is 0.250 e. The van der Waals surface area contributed by atoms with Crippen LogP contribution in [0.2, 0.25) is 5.02 Å². The van der Waals surface area contributed by atoms with Crippen molar-refractivity contribution in [1.82, 2.24) is 5.32 Å². The average molecular weight is 451 g/mol. The van der Waals surface area contributed by atoms with Gasteiger partial charge in [-0.2, -0.15) is 0 Å². The molecule has 158 valence electrons. The highest BCUT2D eigenvalue weighted by Crippen LogP contribution is 2.18. The molecule has 31 heavy (non-hydrogen) atoms. The topological polar surface area (TPSA) is 50.4 Å². The molecule has 3 aromatic rings. The summed E-state index contributed by atoms with van der Waals surface area (Å²) in [6.07, 6.45) is 5.01. The van der Waals surface area contributed by atoms with Crippen LogP contribution in [0, 0.1) is 0 Å². The molecule has 0 spiro atoms. The summed E-state index contributed by atoms with van der Waals surface area (Å²) < 4.78 is 5.84. The SMILES string of the molecule is O=C(/C=C/c1ccc(Cl)cc1)NC(=S)Nc1cccc(OCCCc2ccccc2)c1. The van der Waals surface area contributed by atoms with E-state index in [-0.39, 0.29) is 11.0 Å². The van der Waals surface area contributed by atoms with Gasteiger partial charge in [0, 0.05) is 22.9 Å². The van der Waals surface area contributed by atoms with Crippen LogP contribution in [0.3, 0.4) is 0 Å². The minimum Gasteiger partial charge on any atom is -0.494 e. The Morgan fingerprint density at radius 1 is 1.00 bits per heavy atom. The number of hydrogen-bond donors (Lipinski definition) is 2. The molecule has 0 heterocycles. The fourth-order valence-electron chi connectivity index (χ4n) is 2.84. The van der Waals surface area contributed by atoms with Gasteiger partial charge in [-0.15, -0.1) is 0 Å². The zero-order chi connectivity index (χ0) is 21.9. The molecule has 0 aliphatic carbocycles. The predicted octanol–water partition coefficient (Wildman–Crippen LogP) is 5.88. The van der Waals surface area contributed by atoms with Gasteiger partial charge >= 0.3 is 0 Å². The second-order valence-corrected chi connectivity index (χ2v) is 7.64. The quantitative estimate of drug-likeness (QED) is 0.255. The molecule has 0 bridgehead atoms.